The fourth-order valence-corrected chi connectivity index (χ4v) is 2.97. The number of benzene rings is 1. The number of aromatic carboxylic acids is 1. The molecule has 1 aliphatic rings. The highest BCUT2D eigenvalue weighted by Gasteiger charge is 2.14. The lowest BCUT2D eigenvalue weighted by atomic mass is 9.86. The third kappa shape index (κ3) is 4.91. The van der Waals surface area contributed by atoms with Gasteiger partial charge in [-0.25, -0.2) is 0 Å². The van der Waals surface area contributed by atoms with E-state index in [1.165, 1.54) is 44.2 Å². The molecule has 6 heteroatoms. The second-order valence-electron chi connectivity index (χ2n) is 5.70. The highest BCUT2D eigenvalue weighted by molar-refractivity contribution is 6.33. The average molecular weight is 324 g/mol. The highest BCUT2D eigenvalue weighted by atomic mass is 35.5. The van der Waals surface area contributed by atoms with E-state index in [1.54, 1.807) is 6.07 Å². The molecule has 2 rings (SSSR count). The number of hydrazine groups is 1. The predicted molar refractivity (Wildman–Crippen MR) is 83.4 cm³/mol. The van der Waals surface area contributed by atoms with E-state index in [0.29, 0.717) is 18.0 Å². The van der Waals surface area contributed by atoms with Crippen LogP contribution in [0.25, 0.3) is 0 Å². The minimum atomic E-state index is -1.35. The van der Waals surface area contributed by atoms with Gasteiger partial charge in [0, 0.05) is 17.0 Å². The average Bonchev–Trinajstić information content (AvgIpc) is 2.53. The molecule has 0 radical (unpaired) electrons. The Morgan fingerprint density at radius 1 is 1.23 bits per heavy atom. The fraction of sp³-hybridized carbons (Fsp3) is 0.500. The molecular weight excluding hydrogens is 304 g/mol. The third-order valence-corrected chi connectivity index (χ3v) is 4.37. The van der Waals surface area contributed by atoms with Crippen LogP contribution in [-0.2, 0) is 4.79 Å². The summed E-state index contributed by atoms with van der Waals surface area (Å²) in [6.07, 6.45) is 7.64. The van der Waals surface area contributed by atoms with Gasteiger partial charge in [-0.1, -0.05) is 43.7 Å². The van der Waals surface area contributed by atoms with E-state index in [1.807, 2.05) is 0 Å². The topological polar surface area (TPSA) is 81.3 Å². The Balaban J connectivity index is 1.78. The van der Waals surface area contributed by atoms with Crippen molar-refractivity contribution in [3.63, 3.8) is 0 Å². The standard InChI is InChI=1S/C16H21ClN2O3/c17-14-8-7-12(10-13(14)16(21)22)18-19-15(20)9-6-11-4-2-1-3-5-11/h7-8,10-11,18H,1-6,9H2,(H,19,20)(H,21,22)/p-1. The van der Waals surface area contributed by atoms with Crippen LogP contribution in [0.2, 0.25) is 5.02 Å². The Morgan fingerprint density at radius 3 is 2.64 bits per heavy atom. The molecule has 1 aliphatic carbocycles. The molecule has 22 heavy (non-hydrogen) atoms. The van der Waals surface area contributed by atoms with Crippen LogP contribution in [-0.4, -0.2) is 11.9 Å². The summed E-state index contributed by atoms with van der Waals surface area (Å²) >= 11 is 5.75. The van der Waals surface area contributed by atoms with Gasteiger partial charge < -0.3 is 9.90 Å². The molecule has 120 valence electrons. The molecule has 1 amide bonds. The normalized spacial score (nSPS) is 15.3. The maximum Gasteiger partial charge on any atom is 0.238 e. The third-order valence-electron chi connectivity index (χ3n) is 4.04. The van der Waals surface area contributed by atoms with Crippen LogP contribution in [0.3, 0.4) is 0 Å². The van der Waals surface area contributed by atoms with Gasteiger partial charge >= 0.3 is 0 Å². The lowest BCUT2D eigenvalue weighted by Crippen LogP contribution is -2.30. The zero-order chi connectivity index (χ0) is 15.9. The minimum absolute atomic E-state index is 0.101. The Bertz CT molecular complexity index is 542. The van der Waals surface area contributed by atoms with Crippen molar-refractivity contribution in [2.45, 2.75) is 44.9 Å². The van der Waals surface area contributed by atoms with Crippen molar-refractivity contribution in [3.05, 3.63) is 28.8 Å². The maximum absolute atomic E-state index is 11.8. The number of halogens is 1. The molecule has 5 nitrogen and oxygen atoms in total. The summed E-state index contributed by atoms with van der Waals surface area (Å²) in [5, 5.41) is 11.0. The number of carbonyl (C=O) groups is 2. The van der Waals surface area contributed by atoms with E-state index in [2.05, 4.69) is 10.9 Å². The summed E-state index contributed by atoms with van der Waals surface area (Å²) < 4.78 is 0. The molecule has 1 aromatic rings. The highest BCUT2D eigenvalue weighted by Crippen LogP contribution is 2.27. The van der Waals surface area contributed by atoms with Gasteiger partial charge in [0.05, 0.1) is 11.7 Å². The van der Waals surface area contributed by atoms with Crippen LogP contribution in [0.15, 0.2) is 18.2 Å². The molecule has 1 fully saturated rings. The Hall–Kier alpha value is -1.75. The van der Waals surface area contributed by atoms with Crippen molar-refractivity contribution in [2.75, 3.05) is 5.43 Å². The van der Waals surface area contributed by atoms with Gasteiger partial charge in [-0.15, -0.1) is 0 Å². The number of nitrogens with one attached hydrogen (secondary N) is 2. The van der Waals surface area contributed by atoms with E-state index in [4.69, 9.17) is 11.6 Å². The zero-order valence-corrected chi connectivity index (χ0v) is 13.1. The molecule has 0 aliphatic heterocycles. The summed E-state index contributed by atoms with van der Waals surface area (Å²) in [7, 11) is 0. The number of hydrogen-bond acceptors (Lipinski definition) is 4. The molecule has 1 saturated carbocycles. The van der Waals surface area contributed by atoms with Crippen molar-refractivity contribution in [1.29, 1.82) is 0 Å². The molecule has 2 N–H and O–H groups in total. The van der Waals surface area contributed by atoms with E-state index >= 15 is 0 Å². The van der Waals surface area contributed by atoms with Gasteiger partial charge in [-0.2, -0.15) is 0 Å². The van der Waals surface area contributed by atoms with Crippen molar-refractivity contribution in [1.82, 2.24) is 5.43 Å². The van der Waals surface area contributed by atoms with Crippen LogP contribution in [0.5, 0.6) is 0 Å². The van der Waals surface area contributed by atoms with Crippen LogP contribution in [0, 0.1) is 5.92 Å². The van der Waals surface area contributed by atoms with Crippen LogP contribution in [0.4, 0.5) is 5.69 Å². The van der Waals surface area contributed by atoms with Gasteiger partial charge in [0.25, 0.3) is 0 Å². The predicted octanol–water partition coefficient (Wildman–Crippen LogP) is 2.51. The Kier molecular flexibility index (Phi) is 6.07. The molecule has 0 atom stereocenters. The lowest BCUT2D eigenvalue weighted by Gasteiger charge is -2.21. The van der Waals surface area contributed by atoms with Gasteiger partial charge in [-0.05, 0) is 30.5 Å². The number of carboxylic acid groups (broad SMARTS) is 1. The van der Waals surface area contributed by atoms with E-state index in [9.17, 15) is 14.7 Å². The largest absolute Gasteiger partial charge is 0.545 e. The number of carbonyl (C=O) groups excluding carboxylic acids is 2. The van der Waals surface area contributed by atoms with Crippen molar-refractivity contribution in [2.24, 2.45) is 5.92 Å². The fourth-order valence-electron chi connectivity index (χ4n) is 2.77. The molecule has 0 bridgehead atoms. The summed E-state index contributed by atoms with van der Waals surface area (Å²) in [6, 6.07) is 4.37. The molecule has 0 aromatic heterocycles. The molecule has 0 saturated heterocycles. The summed E-state index contributed by atoms with van der Waals surface area (Å²) in [6.45, 7) is 0. The first kappa shape index (κ1) is 16.6. The number of rotatable bonds is 6. The van der Waals surface area contributed by atoms with Crippen molar-refractivity contribution >= 4 is 29.2 Å². The second kappa shape index (κ2) is 8.03. The summed E-state index contributed by atoms with van der Waals surface area (Å²) in [4.78, 5) is 22.7. The number of amides is 1. The molecule has 0 heterocycles. The Labute approximate surface area is 135 Å². The number of anilines is 1. The Morgan fingerprint density at radius 2 is 1.95 bits per heavy atom. The number of carboxylic acids is 1. The van der Waals surface area contributed by atoms with Crippen LogP contribution in [0.1, 0.15) is 55.3 Å². The monoisotopic (exact) mass is 323 g/mol. The smallest absolute Gasteiger partial charge is 0.238 e. The molecule has 0 unspecified atom stereocenters. The summed E-state index contributed by atoms with van der Waals surface area (Å²) in [5.74, 6) is -0.799. The second-order valence-corrected chi connectivity index (χ2v) is 6.11. The van der Waals surface area contributed by atoms with E-state index in [-0.39, 0.29) is 16.5 Å². The minimum Gasteiger partial charge on any atom is -0.545 e. The van der Waals surface area contributed by atoms with E-state index < -0.39 is 5.97 Å². The quantitative estimate of drug-likeness (QED) is 0.788. The van der Waals surface area contributed by atoms with E-state index in [0.717, 1.165) is 6.42 Å². The molecule has 0 spiro atoms. The van der Waals surface area contributed by atoms with Crippen LogP contribution < -0.4 is 16.0 Å². The molecule has 1 aromatic carbocycles. The maximum atomic E-state index is 11.8. The summed E-state index contributed by atoms with van der Waals surface area (Å²) in [5.41, 5.74) is 5.63. The van der Waals surface area contributed by atoms with Gasteiger partial charge in [0.1, 0.15) is 0 Å². The zero-order valence-electron chi connectivity index (χ0n) is 12.4. The van der Waals surface area contributed by atoms with Gasteiger partial charge in [0.15, 0.2) is 0 Å². The lowest BCUT2D eigenvalue weighted by molar-refractivity contribution is -0.255. The number of hydrogen-bond donors (Lipinski definition) is 2. The molecular formula is C16H20ClN2O3-. The SMILES string of the molecule is O=C(CCC1CCCCC1)NNc1ccc(Cl)c(C(=O)[O-])c1. The van der Waals surface area contributed by atoms with Gasteiger partial charge in [0.2, 0.25) is 5.91 Å². The van der Waals surface area contributed by atoms with Crippen LogP contribution >= 0.6 is 11.6 Å². The van der Waals surface area contributed by atoms with Gasteiger partial charge in [-0.3, -0.25) is 15.6 Å². The first-order valence-electron chi connectivity index (χ1n) is 7.62. The van der Waals surface area contributed by atoms with Crippen molar-refractivity contribution < 1.29 is 14.7 Å². The first-order valence-corrected chi connectivity index (χ1v) is 8.00. The van der Waals surface area contributed by atoms with Crippen molar-refractivity contribution in [3.8, 4) is 0 Å². The first-order chi connectivity index (χ1) is 10.6.